The van der Waals surface area contributed by atoms with Crippen LogP contribution in [-0.2, 0) is 6.54 Å². The smallest absolute Gasteiger partial charge is 0.160 e. The van der Waals surface area contributed by atoms with Crippen molar-refractivity contribution in [1.29, 1.82) is 0 Å². The summed E-state index contributed by atoms with van der Waals surface area (Å²) in [6.45, 7) is 4.46. The first-order chi connectivity index (χ1) is 7.89. The maximum atomic E-state index is 9.57. The number of halogens is 1. The Balaban J connectivity index is 2.84. The van der Waals surface area contributed by atoms with Gasteiger partial charge in [-0.3, -0.25) is 0 Å². The Morgan fingerprint density at radius 2 is 2.06 bits per heavy atom. The zero-order valence-corrected chi connectivity index (χ0v) is 11.8. The number of ether oxygens (including phenoxy) is 1. The van der Waals surface area contributed by atoms with Crippen LogP contribution in [0.25, 0.3) is 0 Å². The first-order valence-electron chi connectivity index (χ1n) is 5.31. The van der Waals surface area contributed by atoms with E-state index >= 15 is 0 Å². The van der Waals surface area contributed by atoms with Gasteiger partial charge in [-0.2, -0.15) is 0 Å². The highest BCUT2D eigenvalue weighted by atomic mass is 79.9. The summed E-state index contributed by atoms with van der Waals surface area (Å²) in [6.07, 6.45) is 0. The SMILES string of the molecule is COc1cc(CNC(C)(C)CO)c(Br)cc1O. The number of hydrogen-bond donors (Lipinski definition) is 3. The Hall–Kier alpha value is -0.780. The molecule has 5 heteroatoms. The van der Waals surface area contributed by atoms with Crippen LogP contribution in [0.4, 0.5) is 0 Å². The number of rotatable bonds is 5. The van der Waals surface area contributed by atoms with Gasteiger partial charge in [-0.1, -0.05) is 15.9 Å². The lowest BCUT2D eigenvalue weighted by Gasteiger charge is -2.24. The topological polar surface area (TPSA) is 61.7 Å². The van der Waals surface area contributed by atoms with Gasteiger partial charge in [0.25, 0.3) is 0 Å². The summed E-state index contributed by atoms with van der Waals surface area (Å²) in [5.41, 5.74) is 0.617. The van der Waals surface area contributed by atoms with Crippen LogP contribution in [0.2, 0.25) is 0 Å². The van der Waals surface area contributed by atoms with Crippen LogP contribution in [0.5, 0.6) is 11.5 Å². The highest BCUT2D eigenvalue weighted by Gasteiger charge is 2.16. The molecule has 0 atom stereocenters. The summed E-state index contributed by atoms with van der Waals surface area (Å²) in [7, 11) is 1.51. The van der Waals surface area contributed by atoms with Crippen LogP contribution in [0.3, 0.4) is 0 Å². The monoisotopic (exact) mass is 303 g/mol. The molecule has 0 amide bonds. The second kappa shape index (κ2) is 5.71. The Morgan fingerprint density at radius 3 is 2.59 bits per heavy atom. The van der Waals surface area contributed by atoms with E-state index in [1.165, 1.54) is 7.11 Å². The molecule has 1 rings (SSSR count). The van der Waals surface area contributed by atoms with Crippen LogP contribution in [0.15, 0.2) is 16.6 Å². The van der Waals surface area contributed by atoms with Crippen LogP contribution >= 0.6 is 15.9 Å². The molecule has 0 bridgehead atoms. The number of phenols is 1. The van der Waals surface area contributed by atoms with E-state index in [0.717, 1.165) is 10.0 Å². The van der Waals surface area contributed by atoms with E-state index in [2.05, 4.69) is 21.2 Å². The lowest BCUT2D eigenvalue weighted by Crippen LogP contribution is -2.42. The predicted octanol–water partition coefficient (Wildman–Crippen LogP) is 2.02. The van der Waals surface area contributed by atoms with Crippen LogP contribution < -0.4 is 10.1 Å². The highest BCUT2D eigenvalue weighted by molar-refractivity contribution is 9.10. The molecule has 0 aliphatic rings. The van der Waals surface area contributed by atoms with Gasteiger partial charge in [-0.15, -0.1) is 0 Å². The van der Waals surface area contributed by atoms with Crippen molar-refractivity contribution in [1.82, 2.24) is 5.32 Å². The summed E-state index contributed by atoms with van der Waals surface area (Å²) in [4.78, 5) is 0. The Bertz CT molecular complexity index is 394. The standard InChI is InChI=1S/C12H18BrNO3/c1-12(2,7-15)14-6-8-4-11(17-3)10(16)5-9(8)13/h4-5,14-16H,6-7H2,1-3H3. The zero-order valence-electron chi connectivity index (χ0n) is 10.2. The molecule has 4 nitrogen and oxygen atoms in total. The average molecular weight is 304 g/mol. The molecule has 17 heavy (non-hydrogen) atoms. The second-order valence-electron chi connectivity index (χ2n) is 4.51. The number of aliphatic hydroxyl groups excluding tert-OH is 1. The number of aromatic hydroxyl groups is 1. The molecule has 0 heterocycles. The summed E-state index contributed by atoms with van der Waals surface area (Å²) < 4.78 is 5.85. The van der Waals surface area contributed by atoms with Crippen molar-refractivity contribution >= 4 is 15.9 Å². The van der Waals surface area contributed by atoms with Gasteiger partial charge in [-0.05, 0) is 31.5 Å². The van der Waals surface area contributed by atoms with E-state index in [1.807, 2.05) is 13.8 Å². The van der Waals surface area contributed by atoms with Crippen LogP contribution in [-0.4, -0.2) is 29.5 Å². The maximum absolute atomic E-state index is 9.57. The number of hydrogen-bond acceptors (Lipinski definition) is 4. The fourth-order valence-electron chi connectivity index (χ4n) is 1.27. The lowest BCUT2D eigenvalue weighted by molar-refractivity contribution is 0.187. The van der Waals surface area contributed by atoms with Crippen molar-refractivity contribution in [3.05, 3.63) is 22.2 Å². The average Bonchev–Trinajstić information content (AvgIpc) is 2.28. The quantitative estimate of drug-likeness (QED) is 0.779. The number of phenolic OH excluding ortho intramolecular Hbond substituents is 1. The molecule has 0 fully saturated rings. The first kappa shape index (κ1) is 14.3. The molecule has 3 N–H and O–H groups in total. The van der Waals surface area contributed by atoms with Crippen molar-refractivity contribution in [2.24, 2.45) is 0 Å². The highest BCUT2D eigenvalue weighted by Crippen LogP contribution is 2.32. The van der Waals surface area contributed by atoms with Crippen molar-refractivity contribution < 1.29 is 14.9 Å². The minimum absolute atomic E-state index is 0.0554. The molecule has 1 aromatic carbocycles. The van der Waals surface area contributed by atoms with Crippen molar-refractivity contribution in [3.8, 4) is 11.5 Å². The normalized spacial score (nSPS) is 11.6. The molecule has 0 aliphatic heterocycles. The van der Waals surface area contributed by atoms with Gasteiger partial charge in [0.15, 0.2) is 11.5 Å². The molecule has 96 valence electrons. The van der Waals surface area contributed by atoms with E-state index in [9.17, 15) is 5.11 Å². The summed E-state index contributed by atoms with van der Waals surface area (Å²) >= 11 is 3.38. The van der Waals surface area contributed by atoms with Crippen LogP contribution in [0.1, 0.15) is 19.4 Å². The predicted molar refractivity (Wildman–Crippen MR) is 70.4 cm³/mol. The molecule has 1 aromatic rings. The van der Waals surface area contributed by atoms with E-state index in [0.29, 0.717) is 12.3 Å². The van der Waals surface area contributed by atoms with Crippen molar-refractivity contribution in [2.75, 3.05) is 13.7 Å². The number of benzene rings is 1. The Morgan fingerprint density at radius 1 is 1.41 bits per heavy atom. The fraction of sp³-hybridized carbons (Fsp3) is 0.500. The third kappa shape index (κ3) is 3.87. The molecule has 0 spiro atoms. The zero-order chi connectivity index (χ0) is 13.1. The summed E-state index contributed by atoms with van der Waals surface area (Å²) in [5, 5.41) is 21.9. The van der Waals surface area contributed by atoms with Gasteiger partial charge >= 0.3 is 0 Å². The molecular weight excluding hydrogens is 286 g/mol. The van der Waals surface area contributed by atoms with Crippen molar-refractivity contribution in [2.45, 2.75) is 25.9 Å². The molecule has 0 saturated heterocycles. The van der Waals surface area contributed by atoms with Gasteiger partial charge in [0.05, 0.1) is 13.7 Å². The molecule has 0 unspecified atom stereocenters. The van der Waals surface area contributed by atoms with Gasteiger partial charge in [0.2, 0.25) is 0 Å². The maximum Gasteiger partial charge on any atom is 0.160 e. The second-order valence-corrected chi connectivity index (χ2v) is 5.37. The van der Waals surface area contributed by atoms with Crippen molar-refractivity contribution in [3.63, 3.8) is 0 Å². The lowest BCUT2D eigenvalue weighted by atomic mass is 10.1. The first-order valence-corrected chi connectivity index (χ1v) is 6.10. The molecule has 0 aliphatic carbocycles. The molecule has 0 radical (unpaired) electrons. The minimum atomic E-state index is -0.343. The van der Waals surface area contributed by atoms with E-state index < -0.39 is 0 Å². The van der Waals surface area contributed by atoms with Crippen LogP contribution in [0, 0.1) is 0 Å². The molecule has 0 saturated carbocycles. The third-order valence-electron chi connectivity index (χ3n) is 2.50. The Kier molecular flexibility index (Phi) is 4.80. The summed E-state index contributed by atoms with van der Waals surface area (Å²) in [6, 6.07) is 3.36. The largest absolute Gasteiger partial charge is 0.504 e. The van der Waals surface area contributed by atoms with Gasteiger partial charge in [0.1, 0.15) is 0 Å². The summed E-state index contributed by atoms with van der Waals surface area (Å²) in [5.74, 6) is 0.538. The molecule has 0 aromatic heterocycles. The van der Waals surface area contributed by atoms with E-state index in [1.54, 1.807) is 12.1 Å². The minimum Gasteiger partial charge on any atom is -0.504 e. The van der Waals surface area contributed by atoms with Gasteiger partial charge < -0.3 is 20.3 Å². The third-order valence-corrected chi connectivity index (χ3v) is 3.24. The molecular formula is C12H18BrNO3. The van der Waals surface area contributed by atoms with Gasteiger partial charge in [-0.25, -0.2) is 0 Å². The van der Waals surface area contributed by atoms with E-state index in [-0.39, 0.29) is 17.9 Å². The number of nitrogens with one attached hydrogen (secondary N) is 1. The Labute approximate surface area is 110 Å². The van der Waals surface area contributed by atoms with E-state index in [4.69, 9.17) is 9.84 Å². The van der Waals surface area contributed by atoms with Gasteiger partial charge in [0, 0.05) is 16.6 Å². The fourth-order valence-corrected chi connectivity index (χ4v) is 1.75. The number of methoxy groups -OCH3 is 1. The number of aliphatic hydroxyl groups is 1.